The van der Waals surface area contributed by atoms with Crippen LogP contribution in [0, 0.1) is 6.92 Å². The molecule has 0 radical (unpaired) electrons. The molecule has 3 heterocycles. The maximum Gasteiger partial charge on any atom is 0.254 e. The highest BCUT2D eigenvalue weighted by atomic mass is 16.1. The van der Waals surface area contributed by atoms with Crippen molar-refractivity contribution in [2.45, 2.75) is 13.5 Å². The highest BCUT2D eigenvalue weighted by Gasteiger charge is 2.11. The summed E-state index contributed by atoms with van der Waals surface area (Å²) in [5.74, 6) is 1.22. The van der Waals surface area contributed by atoms with Crippen molar-refractivity contribution in [2.24, 2.45) is 0 Å². The highest BCUT2D eigenvalue weighted by Crippen LogP contribution is 2.16. The molecule has 28 heavy (non-hydrogen) atoms. The lowest BCUT2D eigenvalue weighted by molar-refractivity contribution is 0.0950. The first kappa shape index (κ1) is 17.5. The summed E-state index contributed by atoms with van der Waals surface area (Å²) in [7, 11) is 0. The number of nitrogens with zero attached hydrogens (tertiary/aromatic N) is 5. The smallest absolute Gasteiger partial charge is 0.254 e. The van der Waals surface area contributed by atoms with Gasteiger partial charge in [-0.05, 0) is 30.7 Å². The van der Waals surface area contributed by atoms with Gasteiger partial charge in [-0.15, -0.1) is 0 Å². The van der Waals surface area contributed by atoms with Gasteiger partial charge in [0.2, 0.25) is 0 Å². The molecule has 0 fully saturated rings. The number of carbonyl (C=O) groups excluding carboxylic acids is 1. The number of rotatable bonds is 5. The molecule has 1 aromatic carbocycles. The Morgan fingerprint density at radius 2 is 1.75 bits per heavy atom. The number of imidazole rings is 1. The third kappa shape index (κ3) is 3.64. The molecule has 0 saturated heterocycles. The number of hydrogen-bond acceptors (Lipinski definition) is 5. The fourth-order valence-electron chi connectivity index (χ4n) is 2.90. The number of carbonyl (C=O) groups is 1. The minimum Gasteiger partial charge on any atom is -0.348 e. The third-order valence-corrected chi connectivity index (χ3v) is 4.37. The SMILES string of the molecule is Cc1nccn1-c1ccccc1CNC(=O)c1cnc(-c2ccncc2)nc1. The summed E-state index contributed by atoms with van der Waals surface area (Å²) >= 11 is 0. The Morgan fingerprint density at radius 1 is 1.00 bits per heavy atom. The molecule has 0 aliphatic carbocycles. The normalized spacial score (nSPS) is 10.6. The number of amides is 1. The van der Waals surface area contributed by atoms with E-state index in [2.05, 4.69) is 25.3 Å². The van der Waals surface area contributed by atoms with Gasteiger partial charge in [0.25, 0.3) is 5.91 Å². The van der Waals surface area contributed by atoms with Crippen LogP contribution in [0.25, 0.3) is 17.1 Å². The van der Waals surface area contributed by atoms with Crippen LogP contribution in [0.4, 0.5) is 0 Å². The second-order valence-corrected chi connectivity index (χ2v) is 6.19. The van der Waals surface area contributed by atoms with Crippen LogP contribution in [0.1, 0.15) is 21.7 Å². The summed E-state index contributed by atoms with van der Waals surface area (Å²) in [6.07, 6.45) is 10.1. The zero-order valence-electron chi connectivity index (χ0n) is 15.3. The van der Waals surface area contributed by atoms with Crippen LogP contribution in [0.3, 0.4) is 0 Å². The lowest BCUT2D eigenvalue weighted by Gasteiger charge is -2.12. The monoisotopic (exact) mass is 370 g/mol. The molecule has 4 aromatic rings. The number of pyridine rings is 1. The fraction of sp³-hybridized carbons (Fsp3) is 0.0952. The van der Waals surface area contributed by atoms with Crippen molar-refractivity contribution in [3.05, 3.63) is 90.5 Å². The molecule has 3 aromatic heterocycles. The molecule has 0 atom stereocenters. The van der Waals surface area contributed by atoms with Crippen molar-refractivity contribution < 1.29 is 4.79 Å². The van der Waals surface area contributed by atoms with E-state index in [1.165, 1.54) is 12.4 Å². The van der Waals surface area contributed by atoms with Crippen molar-refractivity contribution in [3.8, 4) is 17.1 Å². The van der Waals surface area contributed by atoms with E-state index in [9.17, 15) is 4.79 Å². The lowest BCUT2D eigenvalue weighted by atomic mass is 10.1. The summed E-state index contributed by atoms with van der Waals surface area (Å²) in [6.45, 7) is 2.33. The van der Waals surface area contributed by atoms with Gasteiger partial charge in [-0.2, -0.15) is 0 Å². The minimum atomic E-state index is -0.224. The molecule has 7 heteroatoms. The Labute approximate surface area is 162 Å². The van der Waals surface area contributed by atoms with Crippen LogP contribution in [-0.4, -0.2) is 30.4 Å². The fourth-order valence-corrected chi connectivity index (χ4v) is 2.90. The first-order valence-electron chi connectivity index (χ1n) is 8.81. The molecule has 1 amide bonds. The minimum absolute atomic E-state index is 0.224. The van der Waals surface area contributed by atoms with Gasteiger partial charge in [-0.3, -0.25) is 9.78 Å². The average molecular weight is 370 g/mol. The number of aryl methyl sites for hydroxylation is 1. The zero-order valence-corrected chi connectivity index (χ0v) is 15.3. The van der Waals surface area contributed by atoms with Crippen LogP contribution in [0.15, 0.2) is 73.6 Å². The number of para-hydroxylation sites is 1. The predicted molar refractivity (Wildman–Crippen MR) is 105 cm³/mol. The van der Waals surface area contributed by atoms with Crippen molar-refractivity contribution in [3.63, 3.8) is 0 Å². The molecule has 0 spiro atoms. The van der Waals surface area contributed by atoms with E-state index < -0.39 is 0 Å². The maximum absolute atomic E-state index is 12.5. The first-order chi connectivity index (χ1) is 13.7. The zero-order chi connectivity index (χ0) is 19.3. The molecule has 0 bridgehead atoms. The van der Waals surface area contributed by atoms with E-state index in [1.807, 2.05) is 54.1 Å². The number of aromatic nitrogens is 5. The molecule has 0 saturated carbocycles. The second kappa shape index (κ2) is 7.79. The van der Waals surface area contributed by atoms with Crippen LogP contribution >= 0.6 is 0 Å². The number of hydrogen-bond donors (Lipinski definition) is 1. The topological polar surface area (TPSA) is 85.6 Å². The first-order valence-corrected chi connectivity index (χ1v) is 8.81. The van der Waals surface area contributed by atoms with E-state index in [-0.39, 0.29) is 5.91 Å². The molecule has 0 unspecified atom stereocenters. The van der Waals surface area contributed by atoms with Crippen LogP contribution in [0.2, 0.25) is 0 Å². The van der Waals surface area contributed by atoms with Crippen molar-refractivity contribution >= 4 is 5.91 Å². The Kier molecular flexibility index (Phi) is 4.88. The van der Waals surface area contributed by atoms with Gasteiger partial charge < -0.3 is 9.88 Å². The van der Waals surface area contributed by atoms with E-state index in [0.717, 1.165) is 22.6 Å². The van der Waals surface area contributed by atoms with Gasteiger partial charge in [0.05, 0.1) is 11.3 Å². The molecular formula is C21H18N6O. The lowest BCUT2D eigenvalue weighted by Crippen LogP contribution is -2.24. The average Bonchev–Trinajstić information content (AvgIpc) is 3.18. The maximum atomic E-state index is 12.5. The number of benzene rings is 1. The van der Waals surface area contributed by atoms with Gasteiger partial charge in [-0.25, -0.2) is 15.0 Å². The second-order valence-electron chi connectivity index (χ2n) is 6.19. The van der Waals surface area contributed by atoms with E-state index in [0.29, 0.717) is 17.9 Å². The summed E-state index contributed by atoms with van der Waals surface area (Å²) in [5, 5.41) is 2.93. The molecular weight excluding hydrogens is 352 g/mol. The van der Waals surface area contributed by atoms with Gasteiger partial charge in [-0.1, -0.05) is 18.2 Å². The van der Waals surface area contributed by atoms with Gasteiger partial charge in [0, 0.05) is 49.3 Å². The van der Waals surface area contributed by atoms with E-state index in [4.69, 9.17) is 0 Å². The quantitative estimate of drug-likeness (QED) is 0.584. The Bertz CT molecular complexity index is 1090. The predicted octanol–water partition coefficient (Wildman–Crippen LogP) is 2.96. The standard InChI is InChI=1S/C21H18N6O/c1-15-23-10-11-27(15)19-5-3-2-4-17(19)12-26-21(28)18-13-24-20(25-14-18)16-6-8-22-9-7-16/h2-11,13-14H,12H2,1H3,(H,26,28). The van der Waals surface area contributed by atoms with Gasteiger partial charge >= 0.3 is 0 Å². The molecule has 7 nitrogen and oxygen atoms in total. The van der Waals surface area contributed by atoms with Crippen LogP contribution in [0.5, 0.6) is 0 Å². The van der Waals surface area contributed by atoms with E-state index in [1.54, 1.807) is 18.6 Å². The largest absolute Gasteiger partial charge is 0.348 e. The van der Waals surface area contributed by atoms with Crippen LogP contribution in [-0.2, 0) is 6.54 Å². The Balaban J connectivity index is 1.48. The molecule has 1 N–H and O–H groups in total. The summed E-state index contributed by atoms with van der Waals surface area (Å²) in [5.41, 5.74) is 3.24. The van der Waals surface area contributed by atoms with Crippen molar-refractivity contribution in [1.29, 1.82) is 0 Å². The van der Waals surface area contributed by atoms with Gasteiger partial charge in [0.1, 0.15) is 5.82 Å². The summed E-state index contributed by atoms with van der Waals surface area (Å²) in [6, 6.07) is 11.5. The Hall–Kier alpha value is -3.87. The van der Waals surface area contributed by atoms with Crippen molar-refractivity contribution in [2.75, 3.05) is 0 Å². The summed E-state index contributed by atoms with van der Waals surface area (Å²) in [4.78, 5) is 29.3. The van der Waals surface area contributed by atoms with Gasteiger partial charge in [0.15, 0.2) is 5.82 Å². The Morgan fingerprint density at radius 3 is 2.46 bits per heavy atom. The molecule has 0 aliphatic rings. The molecule has 0 aliphatic heterocycles. The summed E-state index contributed by atoms with van der Waals surface area (Å²) < 4.78 is 1.99. The number of nitrogens with one attached hydrogen (secondary N) is 1. The highest BCUT2D eigenvalue weighted by molar-refractivity contribution is 5.93. The van der Waals surface area contributed by atoms with Crippen molar-refractivity contribution in [1.82, 2.24) is 29.8 Å². The third-order valence-electron chi connectivity index (χ3n) is 4.37. The van der Waals surface area contributed by atoms with Crippen LogP contribution < -0.4 is 5.32 Å². The van der Waals surface area contributed by atoms with E-state index >= 15 is 0 Å². The molecule has 4 rings (SSSR count). The molecule has 138 valence electrons.